The first-order valence-electron chi connectivity index (χ1n) is 8.58. The summed E-state index contributed by atoms with van der Waals surface area (Å²) in [4.78, 5) is 33.9. The molecule has 3 N–H and O–H groups in total. The molecule has 0 unspecified atom stereocenters. The van der Waals surface area contributed by atoms with Gasteiger partial charge in [0.15, 0.2) is 11.5 Å². The van der Waals surface area contributed by atoms with Gasteiger partial charge in [-0.05, 0) is 127 Å². The van der Waals surface area contributed by atoms with Crippen molar-refractivity contribution < 1.29 is 33.7 Å². The van der Waals surface area contributed by atoms with E-state index in [0.29, 0.717) is 24.4 Å². The lowest BCUT2D eigenvalue weighted by atomic mass is 10.1. The second kappa shape index (κ2) is 13.5. The van der Waals surface area contributed by atoms with Crippen LogP contribution < -0.4 is 15.2 Å². The number of carboxylic acids is 1. The predicted molar refractivity (Wildman–Crippen MR) is 159 cm³/mol. The van der Waals surface area contributed by atoms with Crippen LogP contribution in [0.1, 0.15) is 5.56 Å². The Labute approximate surface area is 251 Å². The summed E-state index contributed by atoms with van der Waals surface area (Å²) in [7, 11) is 0. The van der Waals surface area contributed by atoms with Gasteiger partial charge in [-0.15, -0.1) is 0 Å². The summed E-state index contributed by atoms with van der Waals surface area (Å²) < 4.78 is 19.2. The first-order chi connectivity index (χ1) is 15.0. The van der Waals surface area contributed by atoms with Gasteiger partial charge in [0.1, 0.15) is 25.0 Å². The van der Waals surface area contributed by atoms with Crippen LogP contribution in [-0.2, 0) is 25.5 Å². The first-order valence-corrected chi connectivity index (χ1v) is 14.0. The average Bonchev–Trinajstić information content (AvgIpc) is 2.67. The average molecular weight is 1000 g/mol. The number of esters is 1. The largest absolute Gasteiger partial charge is 0.480 e. The number of benzene rings is 2. The summed E-state index contributed by atoms with van der Waals surface area (Å²) in [6, 6.07) is 6.18. The molecule has 0 amide bonds. The van der Waals surface area contributed by atoms with Gasteiger partial charge in [-0.1, -0.05) is 0 Å². The fraction of sp³-hybridized carbons (Fsp3) is 0.211. The number of ether oxygens (including phenoxy) is 3. The van der Waals surface area contributed by atoms with Gasteiger partial charge in [0.25, 0.3) is 0 Å². The van der Waals surface area contributed by atoms with E-state index in [-0.39, 0.29) is 23.4 Å². The van der Waals surface area contributed by atoms with Crippen LogP contribution in [0, 0.1) is 14.3 Å². The van der Waals surface area contributed by atoms with Crippen molar-refractivity contribution in [1.29, 1.82) is 0 Å². The standard InChI is InChI=1S/C19H14I5NO7/c20-10-1-8(3-14(25)19(28)29)2-11(21)17(10)31-9-4-12(22)18(13(23)5-9)32-16(27)7-30-6-15(24)26/h1-2,4-5,14H,3,6-7,25H2,(H,28,29)/t14-/m0/s1. The van der Waals surface area contributed by atoms with Gasteiger partial charge in [-0.2, -0.15) is 0 Å². The van der Waals surface area contributed by atoms with Crippen molar-refractivity contribution in [2.24, 2.45) is 5.73 Å². The fourth-order valence-electron chi connectivity index (χ4n) is 2.34. The number of aliphatic carboxylic acids is 1. The topological polar surface area (TPSA) is 125 Å². The van der Waals surface area contributed by atoms with E-state index in [9.17, 15) is 14.4 Å². The van der Waals surface area contributed by atoms with Gasteiger partial charge >= 0.3 is 11.9 Å². The summed E-state index contributed by atoms with van der Waals surface area (Å²) in [5.41, 5.74) is 6.44. The van der Waals surface area contributed by atoms with E-state index in [1.54, 1.807) is 34.7 Å². The quantitative estimate of drug-likeness (QED) is 0.152. The second-order valence-corrected chi connectivity index (χ2v) is 12.0. The van der Waals surface area contributed by atoms with Crippen LogP contribution in [0.2, 0.25) is 0 Å². The van der Waals surface area contributed by atoms with E-state index in [1.165, 1.54) is 0 Å². The molecule has 0 bridgehead atoms. The number of carbonyl (C=O) groups is 3. The molecule has 0 aliphatic carbocycles. The predicted octanol–water partition coefficient (Wildman–Crippen LogP) is 4.74. The van der Waals surface area contributed by atoms with E-state index in [2.05, 4.69) is 45.2 Å². The SMILES string of the molecule is N[C@@H](Cc1cc(I)c(Oc2cc(I)c(OC(=O)COCC(=O)I)c(I)c2)c(I)c1)C(=O)O. The Kier molecular flexibility index (Phi) is 12.1. The maximum absolute atomic E-state index is 12.0. The number of halogens is 5. The molecule has 0 spiro atoms. The molecule has 0 saturated carbocycles. The summed E-state index contributed by atoms with van der Waals surface area (Å²) in [6.45, 7) is -0.484. The smallest absolute Gasteiger partial charge is 0.337 e. The lowest BCUT2D eigenvalue weighted by molar-refractivity contribution is -0.140. The molecule has 0 aliphatic heterocycles. The number of rotatable bonds is 10. The van der Waals surface area contributed by atoms with Crippen molar-refractivity contribution in [3.05, 3.63) is 44.1 Å². The molecule has 0 aliphatic rings. The van der Waals surface area contributed by atoms with Crippen LogP contribution in [-0.4, -0.2) is 40.1 Å². The number of nitrogens with two attached hydrogens (primary N) is 1. The molecule has 8 nitrogen and oxygen atoms in total. The van der Waals surface area contributed by atoms with Crippen LogP contribution in [0.15, 0.2) is 24.3 Å². The number of hydrogen-bond acceptors (Lipinski definition) is 7. The highest BCUT2D eigenvalue weighted by Gasteiger charge is 2.18. The van der Waals surface area contributed by atoms with E-state index in [1.807, 2.05) is 57.3 Å². The molecule has 13 heteroatoms. The third kappa shape index (κ3) is 8.89. The van der Waals surface area contributed by atoms with Crippen molar-refractivity contribution in [3.63, 3.8) is 0 Å². The summed E-state index contributed by atoms with van der Waals surface area (Å²) in [5, 5.41) is 9.02. The Morgan fingerprint density at radius 3 is 1.94 bits per heavy atom. The van der Waals surface area contributed by atoms with Crippen molar-refractivity contribution >= 4 is 129 Å². The molecule has 0 saturated heterocycles. The summed E-state index contributed by atoms with van der Waals surface area (Å²) >= 11 is 9.94. The van der Waals surface area contributed by atoms with Crippen LogP contribution in [0.4, 0.5) is 0 Å². The van der Waals surface area contributed by atoms with Crippen molar-refractivity contribution in [1.82, 2.24) is 0 Å². The van der Waals surface area contributed by atoms with Crippen LogP contribution in [0.3, 0.4) is 0 Å². The molecule has 2 aromatic rings. The number of carbonyl (C=O) groups excluding carboxylic acids is 2. The second-order valence-electron chi connectivity index (χ2n) is 6.18. The van der Waals surface area contributed by atoms with E-state index in [0.717, 1.165) is 12.7 Å². The lowest BCUT2D eigenvalue weighted by Gasteiger charge is -2.15. The zero-order valence-corrected chi connectivity index (χ0v) is 26.7. The summed E-state index contributed by atoms with van der Waals surface area (Å²) in [5.74, 6) is -0.0877. The maximum Gasteiger partial charge on any atom is 0.337 e. The minimum atomic E-state index is -1.05. The van der Waals surface area contributed by atoms with Crippen LogP contribution >= 0.6 is 113 Å². The molecule has 0 aromatic heterocycles. The molecule has 1 atom stereocenters. The van der Waals surface area contributed by atoms with Crippen molar-refractivity contribution in [3.8, 4) is 17.2 Å². The van der Waals surface area contributed by atoms with Gasteiger partial charge in [-0.25, -0.2) is 4.79 Å². The molecule has 2 rings (SSSR count). The molecular formula is C19H14I5NO7. The molecule has 0 radical (unpaired) electrons. The maximum atomic E-state index is 12.0. The van der Waals surface area contributed by atoms with Crippen LogP contribution in [0.5, 0.6) is 17.2 Å². The van der Waals surface area contributed by atoms with Crippen molar-refractivity contribution in [2.75, 3.05) is 13.2 Å². The zero-order valence-electron chi connectivity index (χ0n) is 15.9. The fourth-order valence-corrected chi connectivity index (χ4v) is 6.61. The molecule has 32 heavy (non-hydrogen) atoms. The lowest BCUT2D eigenvalue weighted by Crippen LogP contribution is -2.32. The van der Waals surface area contributed by atoms with Crippen molar-refractivity contribution in [2.45, 2.75) is 12.5 Å². The Bertz CT molecular complexity index is 1000. The molecule has 0 fully saturated rings. The van der Waals surface area contributed by atoms with Gasteiger partial charge in [0.05, 0.1) is 14.3 Å². The Hall–Kier alpha value is 0.420. The number of hydrogen-bond donors (Lipinski definition) is 2. The Morgan fingerprint density at radius 1 is 0.906 bits per heavy atom. The first kappa shape index (κ1) is 28.7. The zero-order chi connectivity index (χ0) is 24.0. The molecule has 0 heterocycles. The van der Waals surface area contributed by atoms with Gasteiger partial charge < -0.3 is 25.1 Å². The van der Waals surface area contributed by atoms with Gasteiger partial charge in [-0.3, -0.25) is 9.59 Å². The minimum absolute atomic E-state index is 0.158. The molecular weight excluding hydrogens is 989 g/mol. The van der Waals surface area contributed by atoms with Gasteiger partial charge in [0.2, 0.25) is 3.79 Å². The third-order valence-electron chi connectivity index (χ3n) is 3.67. The van der Waals surface area contributed by atoms with E-state index < -0.39 is 18.0 Å². The molecule has 172 valence electrons. The Balaban J connectivity index is 2.16. The molecule has 2 aromatic carbocycles. The summed E-state index contributed by atoms with van der Waals surface area (Å²) in [6.07, 6.45) is 0.215. The van der Waals surface area contributed by atoms with E-state index >= 15 is 0 Å². The van der Waals surface area contributed by atoms with Crippen LogP contribution in [0.25, 0.3) is 0 Å². The highest BCUT2D eigenvalue weighted by Crippen LogP contribution is 2.37. The Morgan fingerprint density at radius 2 is 1.44 bits per heavy atom. The highest BCUT2D eigenvalue weighted by atomic mass is 127. The van der Waals surface area contributed by atoms with E-state index in [4.69, 9.17) is 25.1 Å². The highest BCUT2D eigenvalue weighted by molar-refractivity contribution is 14.1. The number of carboxylic acid groups (broad SMARTS) is 1. The third-order valence-corrected chi connectivity index (χ3v) is 7.19. The monoisotopic (exact) mass is 1000 g/mol. The van der Waals surface area contributed by atoms with Gasteiger partial charge in [0, 0.05) is 22.6 Å². The normalized spacial score (nSPS) is 11.7. The minimum Gasteiger partial charge on any atom is -0.480 e.